The largest absolute Gasteiger partial charge is 0.361 e. The minimum absolute atomic E-state index is 0.00995. The number of carbonyl (C=O) groups is 1. The molecule has 2 aromatic rings. The molecular formula is C16H20N6O2. The van der Waals surface area contributed by atoms with Crippen LogP contribution in [0.4, 0.5) is 5.82 Å². The zero-order valence-corrected chi connectivity index (χ0v) is 13.8. The van der Waals surface area contributed by atoms with E-state index in [0.29, 0.717) is 6.54 Å². The van der Waals surface area contributed by atoms with Crippen molar-refractivity contribution in [3.8, 4) is 0 Å². The number of amides is 1. The first-order chi connectivity index (χ1) is 11.6. The van der Waals surface area contributed by atoms with Gasteiger partial charge < -0.3 is 9.80 Å². The Bertz CT molecular complexity index is 788. The maximum Gasteiger partial charge on any atom is 0.347 e. The zero-order valence-electron chi connectivity index (χ0n) is 13.8. The molecule has 0 spiro atoms. The fourth-order valence-electron chi connectivity index (χ4n) is 2.86. The smallest absolute Gasteiger partial charge is 0.347 e. The summed E-state index contributed by atoms with van der Waals surface area (Å²) < 4.78 is 1.32. The predicted octanol–water partition coefficient (Wildman–Crippen LogP) is 0.463. The molecule has 126 valence electrons. The summed E-state index contributed by atoms with van der Waals surface area (Å²) in [6.07, 6.45) is 8.15. The lowest BCUT2D eigenvalue weighted by Crippen LogP contribution is -2.36. The van der Waals surface area contributed by atoms with Gasteiger partial charge in [0, 0.05) is 33.0 Å². The van der Waals surface area contributed by atoms with Gasteiger partial charge in [-0.05, 0) is 18.9 Å². The lowest BCUT2D eigenvalue weighted by molar-refractivity contribution is -0.132. The minimum atomic E-state index is -0.420. The maximum atomic E-state index is 12.6. The maximum absolute atomic E-state index is 12.6. The number of rotatable bonds is 4. The summed E-state index contributed by atoms with van der Waals surface area (Å²) in [7, 11) is 3.81. The van der Waals surface area contributed by atoms with Crippen LogP contribution in [0.15, 0.2) is 35.6 Å². The highest BCUT2D eigenvalue weighted by Crippen LogP contribution is 2.31. The molecule has 1 aliphatic rings. The van der Waals surface area contributed by atoms with Gasteiger partial charge in [-0.25, -0.2) is 14.8 Å². The van der Waals surface area contributed by atoms with Crippen LogP contribution in [0.3, 0.4) is 0 Å². The Hall–Kier alpha value is -2.77. The Balaban J connectivity index is 1.80. The monoisotopic (exact) mass is 328 g/mol. The van der Waals surface area contributed by atoms with Crippen LogP contribution in [0.5, 0.6) is 0 Å². The number of likely N-dealkylation sites (tertiary alicyclic amines) is 1. The summed E-state index contributed by atoms with van der Waals surface area (Å²) in [4.78, 5) is 40.5. The third-order valence-corrected chi connectivity index (χ3v) is 4.10. The summed E-state index contributed by atoms with van der Waals surface area (Å²) in [5.74, 6) is 0.653. The molecule has 24 heavy (non-hydrogen) atoms. The third-order valence-electron chi connectivity index (χ3n) is 4.10. The molecule has 1 fully saturated rings. The Morgan fingerprint density at radius 3 is 2.96 bits per heavy atom. The van der Waals surface area contributed by atoms with E-state index in [1.165, 1.54) is 10.8 Å². The van der Waals surface area contributed by atoms with E-state index in [9.17, 15) is 9.59 Å². The van der Waals surface area contributed by atoms with Crippen molar-refractivity contribution in [2.75, 3.05) is 25.5 Å². The lowest BCUT2D eigenvalue weighted by Gasteiger charge is -2.25. The van der Waals surface area contributed by atoms with Gasteiger partial charge in [-0.3, -0.25) is 14.3 Å². The standard InChI is InChI=1S/C16H20N6O2/c1-20(2)14-10-17-9-12(19-14)13-5-3-8-22(13)15(23)11-21-7-4-6-18-16(21)24/h4,6-7,9-10,13H,3,5,8,11H2,1-2H3/t13-/m0/s1. The van der Waals surface area contributed by atoms with Crippen LogP contribution < -0.4 is 10.6 Å². The molecule has 0 N–H and O–H groups in total. The molecule has 1 atom stereocenters. The number of hydrogen-bond acceptors (Lipinski definition) is 6. The summed E-state index contributed by atoms with van der Waals surface area (Å²) in [6, 6.07) is 1.54. The number of anilines is 1. The Morgan fingerprint density at radius 2 is 2.21 bits per heavy atom. The molecule has 0 aromatic carbocycles. The van der Waals surface area contributed by atoms with Gasteiger partial charge in [0.1, 0.15) is 12.4 Å². The van der Waals surface area contributed by atoms with Crippen LogP contribution in [0.25, 0.3) is 0 Å². The van der Waals surface area contributed by atoms with Crippen LogP contribution in [0.2, 0.25) is 0 Å². The lowest BCUT2D eigenvalue weighted by atomic mass is 10.1. The average Bonchev–Trinajstić information content (AvgIpc) is 3.07. The molecule has 8 nitrogen and oxygen atoms in total. The van der Waals surface area contributed by atoms with Gasteiger partial charge in [0.2, 0.25) is 5.91 Å². The van der Waals surface area contributed by atoms with Crippen molar-refractivity contribution in [2.24, 2.45) is 0 Å². The molecule has 0 bridgehead atoms. The summed E-state index contributed by atoms with van der Waals surface area (Å²) >= 11 is 0. The minimum Gasteiger partial charge on any atom is -0.361 e. The normalized spacial score (nSPS) is 17.1. The molecule has 0 aliphatic carbocycles. The van der Waals surface area contributed by atoms with E-state index >= 15 is 0 Å². The van der Waals surface area contributed by atoms with E-state index < -0.39 is 5.69 Å². The highest BCUT2D eigenvalue weighted by Gasteiger charge is 2.31. The second-order valence-corrected chi connectivity index (χ2v) is 5.97. The van der Waals surface area contributed by atoms with E-state index in [1.54, 1.807) is 29.6 Å². The zero-order chi connectivity index (χ0) is 17.1. The van der Waals surface area contributed by atoms with Crippen LogP contribution in [0, 0.1) is 0 Å². The molecule has 0 unspecified atom stereocenters. The van der Waals surface area contributed by atoms with Gasteiger partial charge in [-0.1, -0.05) is 0 Å². The summed E-state index contributed by atoms with van der Waals surface area (Å²) in [5, 5.41) is 0. The number of carbonyl (C=O) groups excluding carboxylic acids is 1. The Labute approximate surface area is 139 Å². The van der Waals surface area contributed by atoms with Crippen LogP contribution in [-0.2, 0) is 11.3 Å². The molecule has 1 saturated heterocycles. The van der Waals surface area contributed by atoms with Gasteiger partial charge in [0.15, 0.2) is 0 Å². The molecule has 1 amide bonds. The molecule has 0 radical (unpaired) electrons. The van der Waals surface area contributed by atoms with Crippen LogP contribution in [0.1, 0.15) is 24.6 Å². The molecule has 1 aliphatic heterocycles. The van der Waals surface area contributed by atoms with Crippen molar-refractivity contribution in [2.45, 2.75) is 25.4 Å². The van der Waals surface area contributed by atoms with Crippen molar-refractivity contribution in [3.05, 3.63) is 47.0 Å². The van der Waals surface area contributed by atoms with E-state index in [4.69, 9.17) is 0 Å². The highest BCUT2D eigenvalue weighted by atomic mass is 16.2. The number of aromatic nitrogens is 4. The topological polar surface area (TPSA) is 84.2 Å². The molecule has 3 heterocycles. The number of hydrogen-bond donors (Lipinski definition) is 0. The first kappa shape index (κ1) is 16.1. The van der Waals surface area contributed by atoms with E-state index in [1.807, 2.05) is 19.0 Å². The molecular weight excluding hydrogens is 308 g/mol. The fraction of sp³-hybridized carbons (Fsp3) is 0.438. The first-order valence-electron chi connectivity index (χ1n) is 7.86. The first-order valence-corrected chi connectivity index (χ1v) is 7.86. The van der Waals surface area contributed by atoms with Crippen molar-refractivity contribution in [1.82, 2.24) is 24.4 Å². The van der Waals surface area contributed by atoms with E-state index in [-0.39, 0.29) is 18.5 Å². The van der Waals surface area contributed by atoms with Gasteiger partial charge in [-0.15, -0.1) is 0 Å². The van der Waals surface area contributed by atoms with Crippen LogP contribution in [-0.4, -0.2) is 51.0 Å². The van der Waals surface area contributed by atoms with Crippen LogP contribution >= 0.6 is 0 Å². The van der Waals surface area contributed by atoms with E-state index in [0.717, 1.165) is 24.4 Å². The quantitative estimate of drug-likeness (QED) is 0.811. The third kappa shape index (κ3) is 3.27. The second kappa shape index (κ2) is 6.77. The van der Waals surface area contributed by atoms with Gasteiger partial charge in [0.25, 0.3) is 0 Å². The predicted molar refractivity (Wildman–Crippen MR) is 88.5 cm³/mol. The Kier molecular flexibility index (Phi) is 4.54. The van der Waals surface area contributed by atoms with Crippen molar-refractivity contribution >= 4 is 11.7 Å². The molecule has 3 rings (SSSR count). The van der Waals surface area contributed by atoms with Gasteiger partial charge in [-0.2, -0.15) is 0 Å². The summed E-state index contributed by atoms with van der Waals surface area (Å²) in [5.41, 5.74) is 0.363. The van der Waals surface area contributed by atoms with Crippen molar-refractivity contribution in [1.29, 1.82) is 0 Å². The highest BCUT2D eigenvalue weighted by molar-refractivity contribution is 5.76. The molecule has 0 saturated carbocycles. The fourth-order valence-corrected chi connectivity index (χ4v) is 2.86. The number of nitrogens with zero attached hydrogens (tertiary/aromatic N) is 6. The van der Waals surface area contributed by atoms with Crippen molar-refractivity contribution in [3.63, 3.8) is 0 Å². The molecule has 8 heteroatoms. The molecule has 2 aromatic heterocycles. The van der Waals surface area contributed by atoms with Crippen molar-refractivity contribution < 1.29 is 4.79 Å². The Morgan fingerprint density at radius 1 is 1.38 bits per heavy atom. The summed E-state index contributed by atoms with van der Waals surface area (Å²) in [6.45, 7) is 0.649. The second-order valence-electron chi connectivity index (χ2n) is 5.97. The van der Waals surface area contributed by atoms with Gasteiger partial charge in [0.05, 0.1) is 24.1 Å². The van der Waals surface area contributed by atoms with E-state index in [2.05, 4.69) is 15.0 Å². The average molecular weight is 328 g/mol. The SMILES string of the molecule is CN(C)c1cncc([C@@H]2CCCN2C(=O)Cn2cccnc2=O)n1. The van der Waals surface area contributed by atoms with Gasteiger partial charge >= 0.3 is 5.69 Å².